The van der Waals surface area contributed by atoms with Gasteiger partial charge in [0.2, 0.25) is 10.0 Å². The summed E-state index contributed by atoms with van der Waals surface area (Å²) in [5.74, 6) is 1.45. The first-order valence-corrected chi connectivity index (χ1v) is 7.36. The maximum atomic E-state index is 11.5. The summed E-state index contributed by atoms with van der Waals surface area (Å²) in [5, 5.41) is 0. The predicted octanol–water partition coefficient (Wildman–Crippen LogP) is 0.691. The van der Waals surface area contributed by atoms with Crippen molar-refractivity contribution in [1.82, 2.24) is 4.72 Å². The summed E-state index contributed by atoms with van der Waals surface area (Å²) in [6.07, 6.45) is 4.07. The molecule has 4 nitrogen and oxygen atoms in total. The van der Waals surface area contributed by atoms with Crippen LogP contribution in [0.25, 0.3) is 0 Å². The molecule has 90 valence electrons. The van der Waals surface area contributed by atoms with Crippen LogP contribution in [0.1, 0.15) is 32.6 Å². The molecule has 1 saturated carbocycles. The van der Waals surface area contributed by atoms with Crippen LogP contribution >= 0.6 is 0 Å². The molecule has 2 unspecified atom stereocenters. The summed E-state index contributed by atoms with van der Waals surface area (Å²) in [5.41, 5.74) is 5.28. The Hall–Kier alpha value is -0.130. The van der Waals surface area contributed by atoms with Gasteiger partial charge in [-0.15, -0.1) is 0 Å². The number of nitrogens with one attached hydrogen (secondary N) is 1. The number of rotatable bonds is 6. The van der Waals surface area contributed by atoms with Crippen LogP contribution in [0.4, 0.5) is 0 Å². The van der Waals surface area contributed by atoms with Crippen molar-refractivity contribution < 1.29 is 8.42 Å². The minimum Gasteiger partial charge on any atom is -0.330 e. The second kappa shape index (κ2) is 5.82. The summed E-state index contributed by atoms with van der Waals surface area (Å²) in [6, 6.07) is 0. The zero-order valence-corrected chi connectivity index (χ0v) is 10.2. The van der Waals surface area contributed by atoms with E-state index < -0.39 is 10.0 Å². The highest BCUT2D eigenvalue weighted by atomic mass is 32.2. The Morgan fingerprint density at radius 2 is 2.13 bits per heavy atom. The van der Waals surface area contributed by atoms with Crippen LogP contribution in [0, 0.1) is 11.8 Å². The summed E-state index contributed by atoms with van der Waals surface area (Å²) in [4.78, 5) is 0. The van der Waals surface area contributed by atoms with E-state index in [1.807, 2.05) is 0 Å². The first kappa shape index (κ1) is 12.9. The predicted molar refractivity (Wildman–Crippen MR) is 62.0 cm³/mol. The van der Waals surface area contributed by atoms with Crippen molar-refractivity contribution in [3.8, 4) is 0 Å². The van der Waals surface area contributed by atoms with Gasteiger partial charge in [0.25, 0.3) is 0 Å². The largest absolute Gasteiger partial charge is 0.330 e. The molecular weight excluding hydrogens is 212 g/mol. The molecule has 0 bridgehead atoms. The lowest BCUT2D eigenvalue weighted by Gasteiger charge is -2.11. The highest BCUT2D eigenvalue weighted by Crippen LogP contribution is 2.29. The van der Waals surface area contributed by atoms with E-state index in [1.54, 1.807) is 0 Å². The molecule has 1 aliphatic rings. The molecule has 1 rings (SSSR count). The summed E-state index contributed by atoms with van der Waals surface area (Å²) in [7, 11) is -3.08. The van der Waals surface area contributed by atoms with Gasteiger partial charge < -0.3 is 5.73 Å². The van der Waals surface area contributed by atoms with Crippen LogP contribution in [-0.2, 0) is 10.0 Å². The topological polar surface area (TPSA) is 72.2 Å². The fourth-order valence-corrected chi connectivity index (χ4v) is 3.28. The lowest BCUT2D eigenvalue weighted by atomic mass is 10.1. The van der Waals surface area contributed by atoms with Crippen LogP contribution in [-0.4, -0.2) is 27.3 Å². The third-order valence-corrected chi connectivity index (χ3v) is 4.45. The van der Waals surface area contributed by atoms with Crippen molar-refractivity contribution in [3.63, 3.8) is 0 Å². The van der Waals surface area contributed by atoms with Crippen molar-refractivity contribution in [3.05, 3.63) is 0 Å². The molecule has 0 aromatic heterocycles. The van der Waals surface area contributed by atoms with E-state index in [-0.39, 0.29) is 5.75 Å². The standard InChI is InChI=1S/C10H22N2O2S/c1-9-3-4-10(7-9)8-12-15(13,14)6-2-5-11/h9-10,12H,2-8,11H2,1H3. The molecule has 0 aromatic rings. The summed E-state index contributed by atoms with van der Waals surface area (Å²) >= 11 is 0. The Morgan fingerprint density at radius 3 is 2.67 bits per heavy atom. The highest BCUT2D eigenvalue weighted by molar-refractivity contribution is 7.89. The number of sulfonamides is 1. The molecule has 0 heterocycles. The van der Waals surface area contributed by atoms with Crippen LogP contribution < -0.4 is 10.5 Å². The second-order valence-electron chi connectivity index (χ2n) is 4.59. The maximum Gasteiger partial charge on any atom is 0.211 e. The SMILES string of the molecule is CC1CCC(CNS(=O)(=O)CCCN)C1. The number of hydrogen-bond donors (Lipinski definition) is 2. The van der Waals surface area contributed by atoms with Gasteiger partial charge in [0, 0.05) is 6.54 Å². The minimum absolute atomic E-state index is 0.159. The van der Waals surface area contributed by atoms with E-state index >= 15 is 0 Å². The van der Waals surface area contributed by atoms with E-state index in [9.17, 15) is 8.42 Å². The Morgan fingerprint density at radius 1 is 1.40 bits per heavy atom. The van der Waals surface area contributed by atoms with E-state index in [4.69, 9.17) is 5.73 Å². The molecule has 0 spiro atoms. The fourth-order valence-electron chi connectivity index (χ4n) is 2.10. The molecule has 0 amide bonds. The fraction of sp³-hybridized carbons (Fsp3) is 1.00. The Bertz CT molecular complexity index is 277. The molecule has 1 aliphatic carbocycles. The van der Waals surface area contributed by atoms with E-state index in [2.05, 4.69) is 11.6 Å². The van der Waals surface area contributed by atoms with Gasteiger partial charge in [0.1, 0.15) is 0 Å². The molecule has 0 saturated heterocycles. The highest BCUT2D eigenvalue weighted by Gasteiger charge is 2.22. The molecular formula is C10H22N2O2S. The van der Waals surface area contributed by atoms with E-state index in [0.717, 1.165) is 18.8 Å². The monoisotopic (exact) mass is 234 g/mol. The minimum atomic E-state index is -3.08. The molecule has 5 heteroatoms. The van der Waals surface area contributed by atoms with Crippen molar-refractivity contribution in [1.29, 1.82) is 0 Å². The van der Waals surface area contributed by atoms with E-state index in [1.165, 1.54) is 6.42 Å². The van der Waals surface area contributed by atoms with Gasteiger partial charge in [-0.05, 0) is 37.6 Å². The van der Waals surface area contributed by atoms with Crippen LogP contribution in [0.3, 0.4) is 0 Å². The summed E-state index contributed by atoms with van der Waals surface area (Å²) in [6.45, 7) is 3.27. The lowest BCUT2D eigenvalue weighted by molar-refractivity contribution is 0.498. The average molecular weight is 234 g/mol. The van der Waals surface area contributed by atoms with Crippen molar-refractivity contribution in [2.24, 2.45) is 17.6 Å². The first-order valence-electron chi connectivity index (χ1n) is 5.71. The van der Waals surface area contributed by atoms with Crippen LogP contribution in [0.5, 0.6) is 0 Å². The van der Waals surface area contributed by atoms with Crippen molar-refractivity contribution in [2.45, 2.75) is 32.6 Å². The third-order valence-electron chi connectivity index (χ3n) is 3.01. The van der Waals surface area contributed by atoms with Gasteiger partial charge in [-0.3, -0.25) is 0 Å². The Kier molecular flexibility index (Phi) is 5.02. The Labute approximate surface area is 92.7 Å². The lowest BCUT2D eigenvalue weighted by Crippen LogP contribution is -2.31. The number of nitrogens with two attached hydrogens (primary N) is 1. The smallest absolute Gasteiger partial charge is 0.211 e. The first-order chi connectivity index (χ1) is 7.03. The van der Waals surface area contributed by atoms with Gasteiger partial charge in [-0.2, -0.15) is 0 Å². The van der Waals surface area contributed by atoms with Crippen LogP contribution in [0.15, 0.2) is 0 Å². The third kappa shape index (κ3) is 4.95. The second-order valence-corrected chi connectivity index (χ2v) is 6.52. The number of hydrogen-bond acceptors (Lipinski definition) is 3. The van der Waals surface area contributed by atoms with Gasteiger partial charge in [-0.25, -0.2) is 13.1 Å². The van der Waals surface area contributed by atoms with Crippen molar-refractivity contribution >= 4 is 10.0 Å². The average Bonchev–Trinajstić information content (AvgIpc) is 2.59. The molecule has 0 aromatic carbocycles. The van der Waals surface area contributed by atoms with Crippen molar-refractivity contribution in [2.75, 3.05) is 18.8 Å². The molecule has 0 radical (unpaired) electrons. The van der Waals surface area contributed by atoms with Gasteiger partial charge >= 0.3 is 0 Å². The molecule has 3 N–H and O–H groups in total. The maximum absolute atomic E-state index is 11.5. The zero-order valence-electron chi connectivity index (χ0n) is 9.41. The quantitative estimate of drug-likeness (QED) is 0.710. The summed E-state index contributed by atoms with van der Waals surface area (Å²) < 4.78 is 25.6. The van der Waals surface area contributed by atoms with Crippen LogP contribution in [0.2, 0.25) is 0 Å². The molecule has 1 fully saturated rings. The molecule has 2 atom stereocenters. The zero-order chi connectivity index (χ0) is 11.3. The van der Waals surface area contributed by atoms with E-state index in [0.29, 0.717) is 25.4 Å². The Balaban J connectivity index is 2.24. The normalized spacial score (nSPS) is 27.1. The van der Waals surface area contributed by atoms with Gasteiger partial charge in [0.15, 0.2) is 0 Å². The van der Waals surface area contributed by atoms with Gasteiger partial charge in [0.05, 0.1) is 5.75 Å². The molecule has 0 aliphatic heterocycles. The molecule has 15 heavy (non-hydrogen) atoms. The van der Waals surface area contributed by atoms with Gasteiger partial charge in [-0.1, -0.05) is 13.3 Å².